The first-order chi connectivity index (χ1) is 14.1. The molecule has 1 aromatic rings. The van der Waals surface area contributed by atoms with E-state index in [1.807, 2.05) is 6.92 Å². The van der Waals surface area contributed by atoms with E-state index in [1.165, 1.54) is 6.20 Å². The van der Waals surface area contributed by atoms with E-state index in [2.05, 4.69) is 25.5 Å². The average Bonchev–Trinajstić information content (AvgIpc) is 3.56. The summed E-state index contributed by atoms with van der Waals surface area (Å²) in [6.07, 6.45) is 8.83. The van der Waals surface area contributed by atoms with E-state index < -0.39 is 0 Å². The lowest BCUT2D eigenvalue weighted by Crippen LogP contribution is -2.49. The summed E-state index contributed by atoms with van der Waals surface area (Å²) in [6, 6.07) is 0.765. The van der Waals surface area contributed by atoms with Crippen LogP contribution in [0.2, 0.25) is 0 Å². The second-order valence-corrected chi connectivity index (χ2v) is 8.57. The Morgan fingerprint density at radius 2 is 1.72 bits per heavy atom. The number of carbonyl (C=O) groups excluding carboxylic acids is 2. The van der Waals surface area contributed by atoms with E-state index in [-0.39, 0.29) is 23.8 Å². The average molecular weight is 402 g/mol. The third-order valence-electron chi connectivity index (χ3n) is 6.12. The van der Waals surface area contributed by atoms with Crippen LogP contribution in [0.25, 0.3) is 0 Å². The fourth-order valence-corrected chi connectivity index (χ4v) is 4.22. The summed E-state index contributed by atoms with van der Waals surface area (Å²) in [5.41, 5.74) is 1.12. The van der Waals surface area contributed by atoms with Gasteiger partial charge in [0.2, 0.25) is 5.91 Å². The normalized spacial score (nSPS) is 26.5. The molecule has 3 aliphatic rings. The Labute approximate surface area is 171 Å². The molecule has 0 spiro atoms. The van der Waals surface area contributed by atoms with Gasteiger partial charge in [-0.25, -0.2) is 4.98 Å². The Hall–Kier alpha value is -2.06. The fraction of sp³-hybridized carbons (Fsp3) is 0.714. The highest BCUT2D eigenvalue weighted by molar-refractivity contribution is 5.92. The van der Waals surface area contributed by atoms with Crippen molar-refractivity contribution in [2.45, 2.75) is 63.6 Å². The number of nitrogens with zero attached hydrogens (tertiary/aromatic N) is 3. The lowest BCUT2D eigenvalue weighted by molar-refractivity contribution is -0.126. The molecule has 8 nitrogen and oxygen atoms in total. The number of aryl methyl sites for hydroxylation is 1. The highest BCUT2D eigenvalue weighted by atomic mass is 16.5. The van der Waals surface area contributed by atoms with Gasteiger partial charge in [-0.2, -0.15) is 0 Å². The zero-order valence-electron chi connectivity index (χ0n) is 17.1. The third-order valence-corrected chi connectivity index (χ3v) is 6.12. The second-order valence-electron chi connectivity index (χ2n) is 8.57. The first-order valence-corrected chi connectivity index (χ1v) is 10.8. The maximum Gasteiger partial charge on any atom is 0.271 e. The zero-order chi connectivity index (χ0) is 20.2. The third kappa shape index (κ3) is 5.51. The molecule has 3 heterocycles. The summed E-state index contributed by atoms with van der Waals surface area (Å²) < 4.78 is 5.52. The van der Waals surface area contributed by atoms with Gasteiger partial charge < -0.3 is 15.4 Å². The van der Waals surface area contributed by atoms with Crippen molar-refractivity contribution in [3.8, 4) is 0 Å². The van der Waals surface area contributed by atoms with Gasteiger partial charge in [-0.05, 0) is 45.4 Å². The minimum absolute atomic E-state index is 0.00725. The molecule has 8 heteroatoms. The van der Waals surface area contributed by atoms with Crippen molar-refractivity contribution in [2.24, 2.45) is 5.92 Å². The van der Waals surface area contributed by atoms with Gasteiger partial charge in [0.1, 0.15) is 5.69 Å². The van der Waals surface area contributed by atoms with Crippen LogP contribution >= 0.6 is 0 Å². The molecule has 158 valence electrons. The van der Waals surface area contributed by atoms with Crippen molar-refractivity contribution < 1.29 is 14.3 Å². The lowest BCUT2D eigenvalue weighted by Gasteiger charge is -2.36. The molecule has 1 saturated carbocycles. The Bertz CT molecular complexity index is 716. The number of amides is 2. The molecule has 3 fully saturated rings. The van der Waals surface area contributed by atoms with Crippen LogP contribution in [0.15, 0.2) is 12.4 Å². The van der Waals surface area contributed by atoms with E-state index in [1.54, 1.807) is 6.20 Å². The van der Waals surface area contributed by atoms with E-state index in [4.69, 9.17) is 4.74 Å². The summed E-state index contributed by atoms with van der Waals surface area (Å²) in [5.74, 6) is -0.0595. The largest absolute Gasteiger partial charge is 0.381 e. The molecule has 2 atom stereocenters. The molecule has 2 aliphatic heterocycles. The summed E-state index contributed by atoms with van der Waals surface area (Å²) in [7, 11) is 0. The number of nitrogens with one attached hydrogen (secondary N) is 2. The maximum atomic E-state index is 12.7. The number of ether oxygens (including phenoxy) is 1. The summed E-state index contributed by atoms with van der Waals surface area (Å²) in [6.45, 7) is 4.87. The van der Waals surface area contributed by atoms with Gasteiger partial charge in [0.05, 0.1) is 17.8 Å². The van der Waals surface area contributed by atoms with Crippen LogP contribution in [0.1, 0.15) is 54.7 Å². The predicted octanol–water partition coefficient (Wildman–Crippen LogP) is 1.05. The van der Waals surface area contributed by atoms with Crippen LogP contribution in [-0.2, 0) is 9.53 Å². The van der Waals surface area contributed by atoms with Crippen molar-refractivity contribution in [1.29, 1.82) is 0 Å². The number of likely N-dealkylation sites (tertiary alicyclic amines) is 1. The highest BCUT2D eigenvalue weighted by Gasteiger charge is 2.35. The predicted molar refractivity (Wildman–Crippen MR) is 107 cm³/mol. The number of carbonyl (C=O) groups is 2. The topological polar surface area (TPSA) is 96.5 Å². The summed E-state index contributed by atoms with van der Waals surface area (Å²) in [4.78, 5) is 36.2. The minimum atomic E-state index is -0.199. The summed E-state index contributed by atoms with van der Waals surface area (Å²) in [5, 5.41) is 6.30. The molecule has 2 amide bonds. The Morgan fingerprint density at radius 1 is 0.966 bits per heavy atom. The molecule has 4 rings (SSSR count). The van der Waals surface area contributed by atoms with Gasteiger partial charge in [0.25, 0.3) is 5.91 Å². The molecular weight excluding hydrogens is 370 g/mol. The van der Waals surface area contributed by atoms with Crippen LogP contribution < -0.4 is 10.6 Å². The van der Waals surface area contributed by atoms with E-state index >= 15 is 0 Å². The Balaban J connectivity index is 1.43. The smallest absolute Gasteiger partial charge is 0.271 e. The van der Waals surface area contributed by atoms with Crippen LogP contribution in [0.3, 0.4) is 0 Å². The molecule has 0 bridgehead atoms. The molecule has 0 radical (unpaired) electrons. The first-order valence-electron chi connectivity index (χ1n) is 10.8. The summed E-state index contributed by atoms with van der Waals surface area (Å²) >= 11 is 0. The van der Waals surface area contributed by atoms with Gasteiger partial charge in [-0.1, -0.05) is 0 Å². The second kappa shape index (κ2) is 9.17. The number of rotatable bonds is 5. The molecule has 1 aliphatic carbocycles. The van der Waals surface area contributed by atoms with Gasteiger partial charge in [0, 0.05) is 50.6 Å². The zero-order valence-corrected chi connectivity index (χ0v) is 17.1. The van der Waals surface area contributed by atoms with E-state index in [9.17, 15) is 9.59 Å². The number of aromatic nitrogens is 2. The van der Waals surface area contributed by atoms with E-state index in [0.29, 0.717) is 17.8 Å². The lowest BCUT2D eigenvalue weighted by atomic mass is 10.00. The van der Waals surface area contributed by atoms with Crippen molar-refractivity contribution >= 4 is 11.8 Å². The maximum absolute atomic E-state index is 12.7. The van der Waals surface area contributed by atoms with Crippen LogP contribution in [0, 0.1) is 12.8 Å². The molecule has 2 saturated heterocycles. The molecule has 0 unspecified atom stereocenters. The number of hydrogen-bond donors (Lipinski definition) is 2. The SMILES string of the molecule is Cc1cnc(C(=O)N[C@H]2CC[C@@H](C(=O)NC3CC3)CN(C3CCOCC3)C2)cn1. The van der Waals surface area contributed by atoms with Crippen molar-refractivity contribution in [1.82, 2.24) is 25.5 Å². The first kappa shape index (κ1) is 20.2. The molecular formula is C21H31N5O3. The van der Waals surface area contributed by atoms with Crippen LogP contribution in [0.4, 0.5) is 0 Å². The fourth-order valence-electron chi connectivity index (χ4n) is 4.22. The minimum Gasteiger partial charge on any atom is -0.381 e. The quantitative estimate of drug-likeness (QED) is 0.766. The molecule has 2 N–H and O–H groups in total. The van der Waals surface area contributed by atoms with Crippen molar-refractivity contribution in [3.05, 3.63) is 23.8 Å². The van der Waals surface area contributed by atoms with Gasteiger partial charge in [0.15, 0.2) is 0 Å². The molecule has 29 heavy (non-hydrogen) atoms. The number of hydrogen-bond acceptors (Lipinski definition) is 6. The Morgan fingerprint density at radius 3 is 2.41 bits per heavy atom. The van der Waals surface area contributed by atoms with Gasteiger partial charge in [-0.3, -0.25) is 19.5 Å². The van der Waals surface area contributed by atoms with Crippen LogP contribution in [0.5, 0.6) is 0 Å². The standard InChI is InChI=1S/C21H31N5O3/c1-14-10-23-19(11-22-14)21(28)25-17-3-2-15(20(27)24-16-4-5-16)12-26(13-17)18-6-8-29-9-7-18/h10-11,15-18H,2-9,12-13H2,1H3,(H,24,27)(H,25,28)/t15-,17+/m1/s1. The van der Waals surface area contributed by atoms with Gasteiger partial charge in [-0.15, -0.1) is 0 Å². The van der Waals surface area contributed by atoms with Crippen LogP contribution in [-0.4, -0.2) is 71.1 Å². The van der Waals surface area contributed by atoms with Crippen molar-refractivity contribution in [2.75, 3.05) is 26.3 Å². The molecule has 0 aromatic carbocycles. The molecule has 1 aromatic heterocycles. The van der Waals surface area contributed by atoms with Crippen molar-refractivity contribution in [3.63, 3.8) is 0 Å². The Kier molecular flexibility index (Phi) is 6.40. The van der Waals surface area contributed by atoms with Gasteiger partial charge >= 0.3 is 0 Å². The monoisotopic (exact) mass is 401 g/mol. The van der Waals surface area contributed by atoms with E-state index in [0.717, 1.165) is 70.5 Å². The highest BCUT2D eigenvalue weighted by Crippen LogP contribution is 2.25.